The molecule has 5 heteroatoms. The summed E-state index contributed by atoms with van der Waals surface area (Å²) < 4.78 is 13.7. The number of hydrogen-bond acceptors (Lipinski definition) is 3. The molecule has 1 N–H and O–H groups in total. The van der Waals surface area contributed by atoms with Gasteiger partial charge < -0.3 is 5.32 Å². The second-order valence-corrected chi connectivity index (χ2v) is 7.39. The lowest BCUT2D eigenvalue weighted by Crippen LogP contribution is -2.37. The van der Waals surface area contributed by atoms with E-state index < -0.39 is 5.41 Å². The van der Waals surface area contributed by atoms with Gasteiger partial charge in [0.2, 0.25) is 5.91 Å². The van der Waals surface area contributed by atoms with Crippen molar-refractivity contribution in [3.8, 4) is 6.07 Å². The van der Waals surface area contributed by atoms with E-state index in [9.17, 15) is 14.4 Å². The molecule has 2 heterocycles. The number of benzene rings is 2. The van der Waals surface area contributed by atoms with E-state index in [0.29, 0.717) is 17.7 Å². The molecule has 1 amide bonds. The highest BCUT2D eigenvalue weighted by atomic mass is 32.1. The van der Waals surface area contributed by atoms with Crippen molar-refractivity contribution in [3.05, 3.63) is 86.9 Å². The number of hydrogen-bond donors (Lipinski definition) is 1. The average molecular weight is 362 g/mol. The van der Waals surface area contributed by atoms with Gasteiger partial charge in [0.05, 0.1) is 11.6 Å². The number of nitrogens with zero attached hydrogens (tertiary/aromatic N) is 1. The summed E-state index contributed by atoms with van der Waals surface area (Å²) in [5.74, 6) is -0.541. The zero-order valence-electron chi connectivity index (χ0n) is 14.0. The number of carbonyl (C=O) groups excluding carboxylic acids is 1. The summed E-state index contributed by atoms with van der Waals surface area (Å²) in [7, 11) is 0. The van der Waals surface area contributed by atoms with Crippen LogP contribution >= 0.6 is 11.3 Å². The van der Waals surface area contributed by atoms with E-state index in [1.807, 2.05) is 30.5 Å². The highest BCUT2D eigenvalue weighted by molar-refractivity contribution is 7.10. The van der Waals surface area contributed by atoms with Gasteiger partial charge in [-0.2, -0.15) is 5.26 Å². The van der Waals surface area contributed by atoms with Crippen molar-refractivity contribution in [2.24, 2.45) is 0 Å². The molecule has 0 aliphatic carbocycles. The summed E-state index contributed by atoms with van der Waals surface area (Å²) in [5, 5.41) is 14.0. The molecule has 0 fully saturated rings. The molecule has 1 aromatic heterocycles. The summed E-state index contributed by atoms with van der Waals surface area (Å²) in [6, 6.07) is 15.9. The molecule has 0 saturated carbocycles. The molecule has 0 saturated heterocycles. The van der Waals surface area contributed by atoms with Gasteiger partial charge in [0.1, 0.15) is 11.2 Å². The molecular weight excluding hydrogens is 347 g/mol. The zero-order chi connectivity index (χ0) is 18.3. The predicted octanol–water partition coefficient (Wildman–Crippen LogP) is 4.55. The maximum absolute atomic E-state index is 13.7. The standard InChI is InChI=1S/C21H15FN2OS/c1-13-7-8-26-19(13)21(11-14-3-2-4-15(9-14)12-23)17-6-5-16(22)10-18(17)24-20(21)25/h2-10H,11H2,1H3,(H,24,25). The van der Waals surface area contributed by atoms with Crippen LogP contribution < -0.4 is 5.32 Å². The van der Waals surface area contributed by atoms with Crippen molar-refractivity contribution in [2.75, 3.05) is 5.32 Å². The highest BCUT2D eigenvalue weighted by Crippen LogP contribution is 2.48. The molecule has 0 spiro atoms. The summed E-state index contributed by atoms with van der Waals surface area (Å²) in [4.78, 5) is 14.1. The Morgan fingerprint density at radius 1 is 1.23 bits per heavy atom. The Bertz CT molecular complexity index is 1070. The fourth-order valence-corrected chi connectivity index (χ4v) is 4.83. The van der Waals surface area contributed by atoms with E-state index in [1.54, 1.807) is 18.2 Å². The average Bonchev–Trinajstić information content (AvgIpc) is 3.17. The number of nitriles is 1. The van der Waals surface area contributed by atoms with E-state index in [2.05, 4.69) is 11.4 Å². The quantitative estimate of drug-likeness (QED) is 0.743. The lowest BCUT2D eigenvalue weighted by atomic mass is 9.74. The van der Waals surface area contributed by atoms with Gasteiger partial charge >= 0.3 is 0 Å². The molecular formula is C21H15FN2OS. The van der Waals surface area contributed by atoms with Crippen LogP contribution in [0.2, 0.25) is 0 Å². The molecule has 2 aromatic carbocycles. The number of aryl methyl sites for hydroxylation is 1. The Kier molecular flexibility index (Phi) is 3.86. The number of amides is 1. The maximum atomic E-state index is 13.7. The van der Waals surface area contributed by atoms with Crippen LogP contribution in [0.15, 0.2) is 53.9 Å². The molecule has 1 aliphatic rings. The minimum atomic E-state index is -0.921. The molecule has 0 radical (unpaired) electrons. The number of halogens is 1. The maximum Gasteiger partial charge on any atom is 0.240 e. The van der Waals surface area contributed by atoms with E-state index >= 15 is 0 Å². The lowest BCUT2D eigenvalue weighted by Gasteiger charge is -2.28. The van der Waals surface area contributed by atoms with Gasteiger partial charge in [-0.1, -0.05) is 18.2 Å². The number of nitrogens with one attached hydrogen (secondary N) is 1. The third kappa shape index (κ3) is 2.42. The zero-order valence-corrected chi connectivity index (χ0v) is 14.9. The summed E-state index contributed by atoms with van der Waals surface area (Å²) in [5.41, 5.74) is 2.84. The molecule has 1 atom stereocenters. The monoisotopic (exact) mass is 362 g/mol. The molecule has 1 aliphatic heterocycles. The minimum Gasteiger partial charge on any atom is -0.325 e. The minimum absolute atomic E-state index is 0.161. The third-order valence-corrected chi connectivity index (χ3v) is 6.03. The largest absolute Gasteiger partial charge is 0.325 e. The van der Waals surface area contributed by atoms with Gasteiger partial charge in [-0.3, -0.25) is 4.79 Å². The van der Waals surface area contributed by atoms with Crippen LogP contribution in [0.5, 0.6) is 0 Å². The summed E-state index contributed by atoms with van der Waals surface area (Å²) in [6.07, 6.45) is 0.411. The fourth-order valence-electron chi connectivity index (χ4n) is 3.69. The third-order valence-electron chi connectivity index (χ3n) is 4.85. The fraction of sp³-hybridized carbons (Fsp3) is 0.143. The van der Waals surface area contributed by atoms with Gasteiger partial charge in [0, 0.05) is 10.6 Å². The Labute approximate surface area is 154 Å². The normalized spacial score (nSPS) is 18.3. The van der Waals surface area contributed by atoms with Crippen molar-refractivity contribution >= 4 is 22.9 Å². The molecule has 3 aromatic rings. The first-order valence-corrected chi connectivity index (χ1v) is 9.07. The Morgan fingerprint density at radius 3 is 2.81 bits per heavy atom. The summed E-state index contributed by atoms with van der Waals surface area (Å²) >= 11 is 1.53. The van der Waals surface area contributed by atoms with E-state index in [4.69, 9.17) is 0 Å². The highest BCUT2D eigenvalue weighted by Gasteiger charge is 2.49. The van der Waals surface area contributed by atoms with Crippen LogP contribution in [0.1, 0.15) is 27.1 Å². The van der Waals surface area contributed by atoms with Crippen molar-refractivity contribution in [2.45, 2.75) is 18.8 Å². The predicted molar refractivity (Wildman–Crippen MR) is 99.7 cm³/mol. The molecule has 0 bridgehead atoms. The second kappa shape index (κ2) is 6.08. The van der Waals surface area contributed by atoms with Crippen molar-refractivity contribution < 1.29 is 9.18 Å². The lowest BCUT2D eigenvalue weighted by molar-refractivity contribution is -0.119. The smallest absolute Gasteiger partial charge is 0.240 e. The number of carbonyl (C=O) groups is 1. The molecule has 3 nitrogen and oxygen atoms in total. The Hall–Kier alpha value is -2.97. The SMILES string of the molecule is Cc1ccsc1C1(Cc2cccc(C#N)c2)C(=O)Nc2cc(F)ccc21. The number of thiophene rings is 1. The second-order valence-electron chi connectivity index (χ2n) is 6.47. The van der Waals surface area contributed by atoms with Crippen molar-refractivity contribution in [1.29, 1.82) is 5.26 Å². The molecule has 128 valence electrons. The van der Waals surface area contributed by atoms with Crippen LogP contribution in [0.25, 0.3) is 0 Å². The first-order valence-electron chi connectivity index (χ1n) is 8.20. The van der Waals surface area contributed by atoms with Crippen LogP contribution in [0, 0.1) is 24.1 Å². The number of fused-ring (bicyclic) bond motifs is 1. The van der Waals surface area contributed by atoms with Crippen LogP contribution in [0.4, 0.5) is 10.1 Å². The van der Waals surface area contributed by atoms with Gasteiger partial charge in [-0.05, 0) is 65.7 Å². The molecule has 4 rings (SSSR count). The Balaban J connectivity index is 1.94. The van der Waals surface area contributed by atoms with E-state index in [0.717, 1.165) is 21.6 Å². The van der Waals surface area contributed by atoms with Crippen molar-refractivity contribution in [3.63, 3.8) is 0 Å². The van der Waals surface area contributed by atoms with Gasteiger partial charge in [-0.25, -0.2) is 4.39 Å². The number of rotatable bonds is 3. The van der Waals surface area contributed by atoms with Crippen molar-refractivity contribution in [1.82, 2.24) is 0 Å². The van der Waals surface area contributed by atoms with E-state index in [-0.39, 0.29) is 11.7 Å². The van der Waals surface area contributed by atoms with Gasteiger partial charge in [0.15, 0.2) is 0 Å². The molecule has 1 unspecified atom stereocenters. The van der Waals surface area contributed by atoms with E-state index in [1.165, 1.54) is 23.5 Å². The topological polar surface area (TPSA) is 52.9 Å². The van der Waals surface area contributed by atoms with Gasteiger partial charge in [-0.15, -0.1) is 11.3 Å². The van der Waals surface area contributed by atoms with Crippen LogP contribution in [-0.2, 0) is 16.6 Å². The first kappa shape index (κ1) is 16.5. The molecule has 26 heavy (non-hydrogen) atoms. The first-order chi connectivity index (χ1) is 12.5. The van der Waals surface area contributed by atoms with Crippen LogP contribution in [-0.4, -0.2) is 5.91 Å². The Morgan fingerprint density at radius 2 is 2.08 bits per heavy atom. The summed E-state index contributed by atoms with van der Waals surface area (Å²) in [6.45, 7) is 1.98. The number of anilines is 1. The van der Waals surface area contributed by atoms with Gasteiger partial charge in [0.25, 0.3) is 0 Å². The van der Waals surface area contributed by atoms with Crippen LogP contribution in [0.3, 0.4) is 0 Å².